The van der Waals surface area contributed by atoms with Crippen LogP contribution in [0, 0.1) is 11.8 Å². The molecular weight excluding hydrogens is 124 g/mol. The first-order valence-electron chi connectivity index (χ1n) is 4.34. The van der Waals surface area contributed by atoms with Crippen LogP contribution >= 0.6 is 0 Å². The summed E-state index contributed by atoms with van der Waals surface area (Å²) in [5, 5.41) is 3.44. The molecule has 2 rings (SSSR count). The summed E-state index contributed by atoms with van der Waals surface area (Å²) in [4.78, 5) is 0. The molecule has 1 aliphatic carbocycles. The van der Waals surface area contributed by atoms with Crippen molar-refractivity contribution in [1.82, 2.24) is 5.32 Å². The lowest BCUT2D eigenvalue weighted by Crippen LogP contribution is -2.53. The Morgan fingerprint density at radius 3 is 2.20 bits per heavy atom. The van der Waals surface area contributed by atoms with Gasteiger partial charge >= 0.3 is 0 Å². The van der Waals surface area contributed by atoms with Gasteiger partial charge in [0.1, 0.15) is 0 Å². The van der Waals surface area contributed by atoms with E-state index in [1.54, 1.807) is 0 Å². The number of nitrogens with two attached hydrogens (primary N) is 1. The summed E-state index contributed by atoms with van der Waals surface area (Å²) in [6.07, 6.45) is 4.11. The fourth-order valence-electron chi connectivity index (χ4n) is 2.34. The standard InChI is InChI=1S/C8H16N2/c9-8-6-2-1-3-7(8)5-10-4-6/h6-8,10H,1-5,9H2/t6-,7+,8?. The van der Waals surface area contributed by atoms with Crippen molar-refractivity contribution in [3.05, 3.63) is 0 Å². The molecule has 1 saturated carbocycles. The topological polar surface area (TPSA) is 38.0 Å². The third-order valence-electron chi connectivity index (χ3n) is 3.05. The first-order valence-corrected chi connectivity index (χ1v) is 4.34. The third kappa shape index (κ3) is 0.956. The second-order valence-electron chi connectivity index (χ2n) is 3.69. The van der Waals surface area contributed by atoms with Crippen LogP contribution in [0.5, 0.6) is 0 Å². The van der Waals surface area contributed by atoms with E-state index in [0.29, 0.717) is 6.04 Å². The van der Waals surface area contributed by atoms with Crippen molar-refractivity contribution in [3.8, 4) is 0 Å². The monoisotopic (exact) mass is 140 g/mol. The van der Waals surface area contributed by atoms with Crippen LogP contribution in [0.4, 0.5) is 0 Å². The van der Waals surface area contributed by atoms with Gasteiger partial charge in [0, 0.05) is 6.04 Å². The summed E-state index contributed by atoms with van der Waals surface area (Å²) in [7, 11) is 0. The molecule has 0 aromatic carbocycles. The average molecular weight is 140 g/mol. The van der Waals surface area contributed by atoms with E-state index in [2.05, 4.69) is 5.32 Å². The van der Waals surface area contributed by atoms with Crippen LogP contribution in [0.15, 0.2) is 0 Å². The van der Waals surface area contributed by atoms with Crippen LogP contribution in [0.2, 0.25) is 0 Å². The van der Waals surface area contributed by atoms with Crippen LogP contribution in [0.25, 0.3) is 0 Å². The van der Waals surface area contributed by atoms with Crippen molar-refractivity contribution in [2.75, 3.05) is 13.1 Å². The first kappa shape index (κ1) is 6.62. The molecular formula is C8H16N2. The molecule has 3 N–H and O–H groups in total. The molecule has 2 aliphatic rings. The van der Waals surface area contributed by atoms with Crippen LogP contribution in [-0.2, 0) is 0 Å². The summed E-state index contributed by atoms with van der Waals surface area (Å²) >= 11 is 0. The zero-order chi connectivity index (χ0) is 6.97. The Kier molecular flexibility index (Phi) is 1.66. The quantitative estimate of drug-likeness (QED) is 0.509. The minimum absolute atomic E-state index is 0.509. The predicted molar refractivity (Wildman–Crippen MR) is 41.7 cm³/mol. The number of fused-ring (bicyclic) bond motifs is 2. The number of piperidine rings is 1. The molecule has 1 saturated heterocycles. The molecule has 0 aromatic rings. The van der Waals surface area contributed by atoms with Gasteiger partial charge in [-0.1, -0.05) is 6.42 Å². The summed E-state index contributed by atoms with van der Waals surface area (Å²) in [5.41, 5.74) is 6.04. The zero-order valence-corrected chi connectivity index (χ0v) is 6.34. The summed E-state index contributed by atoms with van der Waals surface area (Å²) in [5.74, 6) is 1.57. The van der Waals surface area contributed by atoms with Crippen molar-refractivity contribution < 1.29 is 0 Å². The van der Waals surface area contributed by atoms with Crippen LogP contribution in [-0.4, -0.2) is 19.1 Å². The largest absolute Gasteiger partial charge is 0.327 e. The fourth-order valence-corrected chi connectivity index (χ4v) is 2.34. The van der Waals surface area contributed by atoms with Gasteiger partial charge in [-0.15, -0.1) is 0 Å². The van der Waals surface area contributed by atoms with Gasteiger partial charge in [-0.3, -0.25) is 0 Å². The van der Waals surface area contributed by atoms with Crippen molar-refractivity contribution >= 4 is 0 Å². The average Bonchev–Trinajstić information content (AvgIpc) is 1.86. The number of nitrogens with one attached hydrogen (secondary N) is 1. The van der Waals surface area contributed by atoms with E-state index in [9.17, 15) is 0 Å². The highest BCUT2D eigenvalue weighted by atomic mass is 14.9. The van der Waals surface area contributed by atoms with E-state index in [-0.39, 0.29) is 0 Å². The van der Waals surface area contributed by atoms with Gasteiger partial charge in [-0.2, -0.15) is 0 Å². The molecule has 2 fully saturated rings. The molecule has 10 heavy (non-hydrogen) atoms. The second kappa shape index (κ2) is 2.51. The van der Waals surface area contributed by atoms with Gasteiger partial charge in [0.05, 0.1) is 0 Å². The molecule has 0 aromatic heterocycles. The number of hydrogen-bond donors (Lipinski definition) is 2. The Hall–Kier alpha value is -0.0800. The van der Waals surface area contributed by atoms with Crippen molar-refractivity contribution in [3.63, 3.8) is 0 Å². The number of hydrogen-bond acceptors (Lipinski definition) is 2. The van der Waals surface area contributed by atoms with Crippen molar-refractivity contribution in [2.24, 2.45) is 17.6 Å². The van der Waals surface area contributed by atoms with Gasteiger partial charge < -0.3 is 11.1 Å². The summed E-state index contributed by atoms with van der Waals surface area (Å²) in [6, 6.07) is 0.509. The van der Waals surface area contributed by atoms with E-state index < -0.39 is 0 Å². The minimum atomic E-state index is 0.509. The lowest BCUT2D eigenvalue weighted by Gasteiger charge is -2.40. The summed E-state index contributed by atoms with van der Waals surface area (Å²) < 4.78 is 0. The fraction of sp³-hybridized carbons (Fsp3) is 1.00. The van der Waals surface area contributed by atoms with E-state index >= 15 is 0 Å². The van der Waals surface area contributed by atoms with E-state index in [1.165, 1.54) is 19.3 Å². The Morgan fingerprint density at radius 1 is 1.10 bits per heavy atom. The van der Waals surface area contributed by atoms with Gasteiger partial charge in [-0.25, -0.2) is 0 Å². The maximum Gasteiger partial charge on any atom is 0.0120 e. The Labute approximate surface area is 62.2 Å². The highest BCUT2D eigenvalue weighted by Crippen LogP contribution is 2.29. The van der Waals surface area contributed by atoms with Crippen LogP contribution < -0.4 is 11.1 Å². The molecule has 3 atom stereocenters. The summed E-state index contributed by atoms with van der Waals surface area (Å²) in [6.45, 7) is 2.33. The molecule has 0 radical (unpaired) electrons. The minimum Gasteiger partial charge on any atom is -0.327 e. The Morgan fingerprint density at radius 2 is 1.70 bits per heavy atom. The Bertz CT molecular complexity index is 102. The van der Waals surface area contributed by atoms with E-state index in [0.717, 1.165) is 24.9 Å². The van der Waals surface area contributed by atoms with Gasteiger partial charge in [0.2, 0.25) is 0 Å². The molecule has 58 valence electrons. The maximum absolute atomic E-state index is 6.04. The van der Waals surface area contributed by atoms with E-state index in [4.69, 9.17) is 5.73 Å². The van der Waals surface area contributed by atoms with Crippen LogP contribution in [0.3, 0.4) is 0 Å². The normalized spacial score (nSPS) is 47.1. The highest BCUT2D eigenvalue weighted by Gasteiger charge is 2.33. The van der Waals surface area contributed by atoms with Gasteiger partial charge in [0.25, 0.3) is 0 Å². The molecule has 0 spiro atoms. The maximum atomic E-state index is 6.04. The molecule has 2 nitrogen and oxygen atoms in total. The predicted octanol–water partition coefficient (Wildman–Crippen LogP) is 0.333. The second-order valence-corrected chi connectivity index (χ2v) is 3.69. The number of rotatable bonds is 0. The third-order valence-corrected chi connectivity index (χ3v) is 3.05. The lowest BCUT2D eigenvalue weighted by molar-refractivity contribution is 0.169. The Balaban J connectivity index is 2.05. The first-order chi connectivity index (χ1) is 4.88. The van der Waals surface area contributed by atoms with Gasteiger partial charge in [-0.05, 0) is 37.8 Å². The highest BCUT2D eigenvalue weighted by molar-refractivity contribution is 4.91. The molecule has 1 unspecified atom stereocenters. The van der Waals surface area contributed by atoms with Gasteiger partial charge in [0.15, 0.2) is 0 Å². The van der Waals surface area contributed by atoms with Crippen molar-refractivity contribution in [2.45, 2.75) is 25.3 Å². The molecule has 2 heteroatoms. The van der Waals surface area contributed by atoms with E-state index in [1.807, 2.05) is 0 Å². The molecule has 1 aliphatic heterocycles. The lowest BCUT2D eigenvalue weighted by atomic mass is 9.75. The van der Waals surface area contributed by atoms with Crippen LogP contribution in [0.1, 0.15) is 19.3 Å². The SMILES string of the molecule is NC1[C@@H]2CCC[C@H]1CNC2. The van der Waals surface area contributed by atoms with Crippen molar-refractivity contribution in [1.29, 1.82) is 0 Å². The molecule has 2 bridgehead atoms. The molecule has 1 heterocycles. The molecule has 0 amide bonds. The zero-order valence-electron chi connectivity index (χ0n) is 6.34. The smallest absolute Gasteiger partial charge is 0.0120 e.